The lowest BCUT2D eigenvalue weighted by Gasteiger charge is -2.17. The third-order valence-corrected chi connectivity index (χ3v) is 2.62. The van der Waals surface area contributed by atoms with E-state index in [0.29, 0.717) is 13.2 Å². The van der Waals surface area contributed by atoms with Gasteiger partial charge in [0.15, 0.2) is 5.82 Å². The summed E-state index contributed by atoms with van der Waals surface area (Å²) in [5, 5.41) is 3.30. The molecular weight excluding hydrogens is 228 g/mol. The van der Waals surface area contributed by atoms with Crippen LogP contribution < -0.4 is 10.2 Å². The van der Waals surface area contributed by atoms with Gasteiger partial charge in [-0.3, -0.25) is 0 Å². The van der Waals surface area contributed by atoms with Crippen LogP contribution in [0.1, 0.15) is 33.0 Å². The van der Waals surface area contributed by atoms with E-state index in [1.165, 1.54) is 0 Å². The predicted octanol–water partition coefficient (Wildman–Crippen LogP) is 2.29. The Morgan fingerprint density at radius 3 is 2.67 bits per heavy atom. The summed E-state index contributed by atoms with van der Waals surface area (Å²) in [6.45, 7) is 9.17. The number of ether oxygens (including phenoxy) is 1. The van der Waals surface area contributed by atoms with Crippen molar-refractivity contribution in [3.05, 3.63) is 11.9 Å². The molecule has 1 aromatic heterocycles. The van der Waals surface area contributed by atoms with E-state index in [9.17, 15) is 0 Å². The molecule has 1 heterocycles. The second-order valence-corrected chi connectivity index (χ2v) is 4.11. The van der Waals surface area contributed by atoms with Gasteiger partial charge in [0.2, 0.25) is 0 Å². The van der Waals surface area contributed by atoms with Crippen LogP contribution in [-0.4, -0.2) is 36.7 Å². The van der Waals surface area contributed by atoms with Crippen molar-refractivity contribution in [1.82, 2.24) is 9.97 Å². The van der Waals surface area contributed by atoms with Gasteiger partial charge in [-0.1, -0.05) is 6.92 Å². The van der Waals surface area contributed by atoms with Gasteiger partial charge in [-0.15, -0.1) is 0 Å². The molecule has 1 rings (SSSR count). The van der Waals surface area contributed by atoms with E-state index in [0.717, 1.165) is 37.0 Å². The Kier molecular flexibility index (Phi) is 6.43. The average molecular weight is 252 g/mol. The van der Waals surface area contributed by atoms with E-state index in [-0.39, 0.29) is 0 Å². The van der Waals surface area contributed by atoms with Crippen LogP contribution in [0, 0.1) is 0 Å². The van der Waals surface area contributed by atoms with Gasteiger partial charge in [0, 0.05) is 32.8 Å². The van der Waals surface area contributed by atoms with E-state index >= 15 is 0 Å². The third-order valence-electron chi connectivity index (χ3n) is 2.62. The molecule has 0 aliphatic heterocycles. The highest BCUT2D eigenvalue weighted by Gasteiger charge is 2.07. The van der Waals surface area contributed by atoms with Gasteiger partial charge < -0.3 is 15.0 Å². The minimum absolute atomic E-state index is 0.461. The zero-order chi connectivity index (χ0) is 13.4. The largest absolute Gasteiger partial charge is 0.374 e. The Hall–Kier alpha value is -1.36. The van der Waals surface area contributed by atoms with E-state index in [2.05, 4.69) is 34.0 Å². The maximum Gasteiger partial charge on any atom is 0.158 e. The van der Waals surface area contributed by atoms with Crippen LogP contribution in [0.25, 0.3) is 0 Å². The van der Waals surface area contributed by atoms with Crippen molar-refractivity contribution in [2.75, 3.05) is 37.0 Å². The van der Waals surface area contributed by atoms with Gasteiger partial charge in [-0.25, -0.2) is 9.97 Å². The summed E-state index contributed by atoms with van der Waals surface area (Å²) in [6, 6.07) is 1.98. The molecule has 5 nitrogen and oxygen atoms in total. The summed E-state index contributed by atoms with van der Waals surface area (Å²) in [4.78, 5) is 11.0. The second-order valence-electron chi connectivity index (χ2n) is 4.11. The summed E-state index contributed by atoms with van der Waals surface area (Å²) in [5.74, 6) is 2.53. The molecular formula is C13H24N4O. The first-order valence-corrected chi connectivity index (χ1v) is 6.61. The van der Waals surface area contributed by atoms with E-state index in [4.69, 9.17) is 4.74 Å². The van der Waals surface area contributed by atoms with E-state index < -0.39 is 0 Å². The van der Waals surface area contributed by atoms with Crippen LogP contribution in [0.15, 0.2) is 6.07 Å². The van der Waals surface area contributed by atoms with Crippen LogP contribution in [0.2, 0.25) is 0 Å². The maximum atomic E-state index is 5.38. The number of hydrogen-bond acceptors (Lipinski definition) is 5. The molecule has 0 spiro atoms. The third kappa shape index (κ3) is 4.49. The fourth-order valence-electron chi connectivity index (χ4n) is 1.44. The Bertz CT molecular complexity index is 331. The number of anilines is 2. The van der Waals surface area contributed by atoms with Crippen LogP contribution in [-0.2, 0) is 11.3 Å². The second kappa shape index (κ2) is 7.87. The molecule has 0 atom stereocenters. The predicted molar refractivity (Wildman–Crippen MR) is 75.1 cm³/mol. The minimum Gasteiger partial charge on any atom is -0.374 e. The van der Waals surface area contributed by atoms with Crippen LogP contribution in [0.3, 0.4) is 0 Å². The lowest BCUT2D eigenvalue weighted by molar-refractivity contribution is 0.128. The van der Waals surface area contributed by atoms with Crippen molar-refractivity contribution in [1.29, 1.82) is 0 Å². The summed E-state index contributed by atoms with van der Waals surface area (Å²) in [7, 11) is 2.02. The molecule has 1 aromatic rings. The molecule has 0 aromatic carbocycles. The Morgan fingerprint density at radius 2 is 2.06 bits per heavy atom. The Labute approximate surface area is 110 Å². The van der Waals surface area contributed by atoms with E-state index in [1.807, 2.05) is 20.0 Å². The smallest absolute Gasteiger partial charge is 0.158 e. The topological polar surface area (TPSA) is 50.3 Å². The van der Waals surface area contributed by atoms with Gasteiger partial charge in [0.05, 0.1) is 0 Å². The number of rotatable bonds is 8. The van der Waals surface area contributed by atoms with Crippen molar-refractivity contribution in [2.24, 2.45) is 0 Å². The molecule has 0 saturated heterocycles. The number of hydrogen-bond donors (Lipinski definition) is 1. The van der Waals surface area contributed by atoms with Crippen molar-refractivity contribution in [2.45, 2.75) is 33.8 Å². The highest BCUT2D eigenvalue weighted by molar-refractivity contribution is 5.48. The van der Waals surface area contributed by atoms with Crippen molar-refractivity contribution < 1.29 is 4.74 Å². The molecule has 5 heteroatoms. The van der Waals surface area contributed by atoms with Crippen molar-refractivity contribution in [3.8, 4) is 0 Å². The maximum absolute atomic E-state index is 5.38. The number of aromatic nitrogens is 2. The van der Waals surface area contributed by atoms with Crippen LogP contribution in [0.4, 0.5) is 11.6 Å². The summed E-state index contributed by atoms with van der Waals surface area (Å²) >= 11 is 0. The molecule has 0 unspecified atom stereocenters. The zero-order valence-electron chi connectivity index (χ0n) is 11.9. The number of nitrogens with one attached hydrogen (secondary N) is 1. The highest BCUT2D eigenvalue weighted by Crippen LogP contribution is 2.15. The molecule has 0 radical (unpaired) electrons. The molecule has 0 amide bonds. The quantitative estimate of drug-likeness (QED) is 0.769. The highest BCUT2D eigenvalue weighted by atomic mass is 16.5. The standard InChI is InChI=1S/C13H24N4O/c1-5-8-14-11-9-13(17(4)6-2)16-12(15-11)10-18-7-3/h9H,5-8,10H2,1-4H3,(H,14,15,16). The fraction of sp³-hybridized carbons (Fsp3) is 0.692. The first kappa shape index (κ1) is 14.7. The van der Waals surface area contributed by atoms with Gasteiger partial charge in [-0.05, 0) is 20.3 Å². The normalized spacial score (nSPS) is 10.4. The van der Waals surface area contributed by atoms with Gasteiger partial charge in [0.1, 0.15) is 18.2 Å². The zero-order valence-corrected chi connectivity index (χ0v) is 11.9. The summed E-state index contributed by atoms with van der Waals surface area (Å²) < 4.78 is 5.38. The Morgan fingerprint density at radius 1 is 1.28 bits per heavy atom. The lowest BCUT2D eigenvalue weighted by atomic mass is 10.4. The molecule has 1 N–H and O–H groups in total. The molecule has 18 heavy (non-hydrogen) atoms. The van der Waals surface area contributed by atoms with Gasteiger partial charge in [0.25, 0.3) is 0 Å². The summed E-state index contributed by atoms with van der Waals surface area (Å²) in [6.07, 6.45) is 1.07. The minimum atomic E-state index is 0.461. The molecule has 0 bridgehead atoms. The molecule has 0 aliphatic carbocycles. The fourth-order valence-corrected chi connectivity index (χ4v) is 1.44. The number of nitrogens with zero attached hydrogens (tertiary/aromatic N) is 3. The van der Waals surface area contributed by atoms with Crippen LogP contribution >= 0.6 is 0 Å². The molecule has 102 valence electrons. The monoisotopic (exact) mass is 252 g/mol. The summed E-state index contributed by atoms with van der Waals surface area (Å²) in [5.41, 5.74) is 0. The van der Waals surface area contributed by atoms with Crippen LogP contribution in [0.5, 0.6) is 0 Å². The first-order chi connectivity index (χ1) is 8.71. The van der Waals surface area contributed by atoms with Gasteiger partial charge in [-0.2, -0.15) is 0 Å². The molecule has 0 aliphatic rings. The molecule has 0 saturated carbocycles. The first-order valence-electron chi connectivity index (χ1n) is 6.61. The van der Waals surface area contributed by atoms with E-state index in [1.54, 1.807) is 0 Å². The van der Waals surface area contributed by atoms with Crippen molar-refractivity contribution >= 4 is 11.6 Å². The Balaban J connectivity index is 2.88. The average Bonchev–Trinajstić information content (AvgIpc) is 2.41. The molecule has 0 fully saturated rings. The lowest BCUT2D eigenvalue weighted by Crippen LogP contribution is -2.19. The van der Waals surface area contributed by atoms with Crippen molar-refractivity contribution in [3.63, 3.8) is 0 Å². The SMILES string of the molecule is CCCNc1cc(N(C)CC)nc(COCC)n1. The van der Waals surface area contributed by atoms with Gasteiger partial charge >= 0.3 is 0 Å².